The highest BCUT2D eigenvalue weighted by molar-refractivity contribution is 7.18. The first-order chi connectivity index (χ1) is 36.9. The SMILES string of the molecule is CCOC(=O)COc1ccc2ccccc2c1-c1c(OCc2ccc(-c3ccc(-c4ccc(COc5ccc6ccccc6c5-c5c(OCC(=O)OCC)ccc6ccccc56)cc4)s3)cc2)ccc2ccccc12. The van der Waals surface area contributed by atoms with E-state index < -0.39 is 11.9 Å². The average molecular weight is 1010 g/mol. The van der Waals surface area contributed by atoms with Crippen molar-refractivity contribution in [3.63, 3.8) is 0 Å². The number of esters is 2. The Morgan fingerprint density at radius 2 is 0.653 bits per heavy atom. The van der Waals surface area contributed by atoms with Crippen LogP contribution in [0.5, 0.6) is 23.0 Å². The number of hydrogen-bond acceptors (Lipinski definition) is 9. The topological polar surface area (TPSA) is 89.5 Å². The van der Waals surface area contributed by atoms with E-state index in [4.69, 9.17) is 28.4 Å². The Bertz CT molecular complexity index is 3610. The highest BCUT2D eigenvalue weighted by atomic mass is 32.1. The fraction of sp³-hybridized carbons (Fsp3) is 0.121. The molecule has 1 heterocycles. The third-order valence-electron chi connectivity index (χ3n) is 13.2. The maximum absolute atomic E-state index is 12.5. The number of carbonyl (C=O) groups is 2. The molecular weight excluding hydrogens is 953 g/mol. The first-order valence-electron chi connectivity index (χ1n) is 25.1. The van der Waals surface area contributed by atoms with Gasteiger partial charge in [-0.05, 0) is 116 Å². The highest BCUT2D eigenvalue weighted by Gasteiger charge is 2.22. The van der Waals surface area contributed by atoms with Crippen LogP contribution >= 0.6 is 11.3 Å². The van der Waals surface area contributed by atoms with E-state index in [1.165, 1.54) is 0 Å². The quantitative estimate of drug-likeness (QED) is 0.0786. The van der Waals surface area contributed by atoms with Crippen molar-refractivity contribution in [2.45, 2.75) is 27.1 Å². The molecule has 8 nitrogen and oxygen atoms in total. The normalized spacial score (nSPS) is 11.2. The van der Waals surface area contributed by atoms with Crippen molar-refractivity contribution in [2.24, 2.45) is 0 Å². The maximum atomic E-state index is 12.5. The third kappa shape index (κ3) is 10.4. The first-order valence-corrected chi connectivity index (χ1v) is 25.9. The van der Waals surface area contributed by atoms with Crippen LogP contribution in [0.4, 0.5) is 0 Å². The summed E-state index contributed by atoms with van der Waals surface area (Å²) in [5, 5.41) is 8.24. The lowest BCUT2D eigenvalue weighted by atomic mass is 9.92. The number of carbonyl (C=O) groups excluding carboxylic acids is 2. The van der Waals surface area contributed by atoms with Crippen LogP contribution in [0, 0.1) is 0 Å². The maximum Gasteiger partial charge on any atom is 0.344 e. The van der Waals surface area contributed by atoms with Crippen LogP contribution < -0.4 is 18.9 Å². The standard InChI is InChI=1S/C66H52O8S/c1-3-69-61(67)41-73-57-35-31-47-15-7-11-19-53(47)65(57)63-51-17-9-5-13-45(51)29-33-55(63)71-39-43-21-25-49(26-22-43)59-37-38-60(75-59)50-27-23-44(24-28-50)40-72-56-34-30-46-14-6-10-18-52(46)64(56)66-54-20-12-8-16-48(54)32-36-58(66)74-42-62(68)70-4-2/h5-38H,3-4,39-42H2,1-2H3. The Morgan fingerprint density at radius 3 is 0.973 bits per heavy atom. The molecule has 0 spiro atoms. The number of thiophene rings is 1. The Hall–Kier alpha value is -8.92. The molecule has 0 aliphatic carbocycles. The molecule has 10 aromatic carbocycles. The summed E-state index contributed by atoms with van der Waals surface area (Å²) in [6, 6.07) is 70.4. The van der Waals surface area contributed by atoms with E-state index in [-0.39, 0.29) is 26.4 Å². The van der Waals surface area contributed by atoms with Crippen molar-refractivity contribution < 1.29 is 38.0 Å². The van der Waals surface area contributed by atoms with Gasteiger partial charge in [-0.25, -0.2) is 9.59 Å². The largest absolute Gasteiger partial charge is 0.488 e. The molecule has 0 unspecified atom stereocenters. The van der Waals surface area contributed by atoms with Crippen molar-refractivity contribution >= 4 is 66.4 Å². The lowest BCUT2D eigenvalue weighted by Crippen LogP contribution is -2.15. The fourth-order valence-corrected chi connectivity index (χ4v) is 10.7. The molecule has 0 aliphatic heterocycles. The smallest absolute Gasteiger partial charge is 0.344 e. The molecule has 370 valence electrons. The number of hydrogen-bond donors (Lipinski definition) is 0. The van der Waals surface area contributed by atoms with E-state index in [1.807, 2.05) is 84.9 Å². The average Bonchev–Trinajstić information content (AvgIpc) is 3.97. The molecule has 11 aromatic rings. The number of rotatable bonds is 18. The summed E-state index contributed by atoms with van der Waals surface area (Å²) in [6.07, 6.45) is 0. The summed E-state index contributed by atoms with van der Waals surface area (Å²) >= 11 is 1.75. The Balaban J connectivity index is 0.806. The van der Waals surface area contributed by atoms with Crippen molar-refractivity contribution in [1.82, 2.24) is 0 Å². The summed E-state index contributed by atoms with van der Waals surface area (Å²) in [6.45, 7) is 4.41. The second-order valence-electron chi connectivity index (χ2n) is 18.0. The minimum Gasteiger partial charge on any atom is -0.488 e. The predicted octanol–water partition coefficient (Wildman–Crippen LogP) is 16.1. The van der Waals surface area contributed by atoms with Crippen molar-refractivity contribution in [1.29, 1.82) is 0 Å². The summed E-state index contributed by atoms with van der Waals surface area (Å²) in [5.41, 5.74) is 7.82. The number of fused-ring (bicyclic) bond motifs is 4. The van der Waals surface area contributed by atoms with Gasteiger partial charge in [0.15, 0.2) is 13.2 Å². The second-order valence-corrected chi connectivity index (χ2v) is 19.0. The molecule has 75 heavy (non-hydrogen) atoms. The summed E-state index contributed by atoms with van der Waals surface area (Å²) in [5.74, 6) is 1.73. The van der Waals surface area contributed by atoms with E-state index in [0.717, 1.165) is 97.4 Å². The predicted molar refractivity (Wildman–Crippen MR) is 302 cm³/mol. The van der Waals surface area contributed by atoms with Crippen LogP contribution in [0.1, 0.15) is 25.0 Å². The number of benzene rings is 10. The zero-order chi connectivity index (χ0) is 51.1. The molecular formula is C66H52O8S. The minimum absolute atomic E-state index is 0.204. The molecule has 0 radical (unpaired) electrons. The lowest BCUT2D eigenvalue weighted by molar-refractivity contribution is -0.146. The molecule has 0 saturated heterocycles. The van der Waals surface area contributed by atoms with E-state index in [1.54, 1.807) is 25.2 Å². The van der Waals surface area contributed by atoms with Crippen LogP contribution in [0.15, 0.2) is 206 Å². The van der Waals surface area contributed by atoms with Gasteiger partial charge in [0.1, 0.15) is 36.2 Å². The molecule has 1 aromatic heterocycles. The van der Waals surface area contributed by atoms with Crippen LogP contribution in [0.2, 0.25) is 0 Å². The van der Waals surface area contributed by atoms with Crippen LogP contribution in [0.25, 0.3) is 86.2 Å². The molecule has 0 N–H and O–H groups in total. The Kier molecular flexibility index (Phi) is 14.2. The van der Waals surface area contributed by atoms with Gasteiger partial charge in [0, 0.05) is 32.0 Å². The minimum atomic E-state index is -0.423. The van der Waals surface area contributed by atoms with Crippen molar-refractivity contribution in [3.8, 4) is 66.1 Å². The zero-order valence-corrected chi connectivity index (χ0v) is 42.4. The molecule has 0 bridgehead atoms. The van der Waals surface area contributed by atoms with Gasteiger partial charge in [0.25, 0.3) is 0 Å². The molecule has 11 rings (SSSR count). The van der Waals surface area contributed by atoms with Crippen LogP contribution in [-0.4, -0.2) is 38.4 Å². The van der Waals surface area contributed by atoms with Gasteiger partial charge in [0.05, 0.1) is 13.2 Å². The number of ether oxygens (including phenoxy) is 6. The van der Waals surface area contributed by atoms with Crippen molar-refractivity contribution in [2.75, 3.05) is 26.4 Å². The first kappa shape index (κ1) is 48.4. The monoisotopic (exact) mass is 1000 g/mol. The summed E-state index contributed by atoms with van der Waals surface area (Å²) in [7, 11) is 0. The van der Waals surface area contributed by atoms with E-state index in [9.17, 15) is 9.59 Å². The van der Waals surface area contributed by atoms with Gasteiger partial charge in [-0.3, -0.25) is 0 Å². The summed E-state index contributed by atoms with van der Waals surface area (Å²) < 4.78 is 36.3. The second kappa shape index (κ2) is 22.1. The highest BCUT2D eigenvalue weighted by Crippen LogP contribution is 2.48. The lowest BCUT2D eigenvalue weighted by Gasteiger charge is -2.19. The van der Waals surface area contributed by atoms with E-state index in [2.05, 4.69) is 121 Å². The van der Waals surface area contributed by atoms with E-state index >= 15 is 0 Å². The Labute approximate surface area is 439 Å². The third-order valence-corrected chi connectivity index (χ3v) is 14.4. The zero-order valence-electron chi connectivity index (χ0n) is 41.5. The molecule has 0 saturated carbocycles. The van der Waals surface area contributed by atoms with Gasteiger partial charge >= 0.3 is 11.9 Å². The van der Waals surface area contributed by atoms with Crippen LogP contribution in [-0.2, 0) is 32.3 Å². The molecule has 0 atom stereocenters. The van der Waals surface area contributed by atoms with Gasteiger partial charge in [0.2, 0.25) is 0 Å². The fourth-order valence-electron chi connectivity index (χ4n) is 9.70. The van der Waals surface area contributed by atoms with E-state index in [0.29, 0.717) is 36.2 Å². The summed E-state index contributed by atoms with van der Waals surface area (Å²) in [4.78, 5) is 27.3. The molecule has 9 heteroatoms. The van der Waals surface area contributed by atoms with Gasteiger partial charge in [-0.2, -0.15) is 0 Å². The van der Waals surface area contributed by atoms with Gasteiger partial charge in [-0.1, -0.05) is 170 Å². The van der Waals surface area contributed by atoms with Crippen LogP contribution in [0.3, 0.4) is 0 Å². The Morgan fingerprint density at radius 1 is 0.347 bits per heavy atom. The molecule has 0 amide bonds. The van der Waals surface area contributed by atoms with Gasteiger partial charge < -0.3 is 28.4 Å². The molecule has 0 aliphatic rings. The van der Waals surface area contributed by atoms with Crippen molar-refractivity contribution in [3.05, 3.63) is 217 Å². The molecule has 0 fully saturated rings. The van der Waals surface area contributed by atoms with Gasteiger partial charge in [-0.15, -0.1) is 11.3 Å².